The number of nitro benzene ring substituents is 1. The molecule has 1 aromatic carbocycles. The molecule has 0 saturated heterocycles. The van der Waals surface area contributed by atoms with Gasteiger partial charge >= 0.3 is 0 Å². The fraction of sp³-hybridized carbons (Fsp3) is 0.182. The van der Waals surface area contributed by atoms with E-state index in [0.717, 1.165) is 0 Å². The molecule has 0 aliphatic carbocycles. The minimum absolute atomic E-state index is 0.0983. The number of amides is 1. The topological polar surface area (TPSA) is 114 Å². The third-order valence-corrected chi connectivity index (χ3v) is 2.57. The second-order valence-electron chi connectivity index (χ2n) is 3.91. The van der Waals surface area contributed by atoms with Gasteiger partial charge in [-0.1, -0.05) is 6.07 Å². The molecular formula is C11H11N5O3. The average Bonchev–Trinajstić information content (AvgIpc) is 2.74. The first-order chi connectivity index (χ1) is 8.99. The van der Waals surface area contributed by atoms with Crippen molar-refractivity contribution in [1.82, 2.24) is 15.2 Å². The van der Waals surface area contributed by atoms with Gasteiger partial charge in [0.2, 0.25) is 5.95 Å². The fourth-order valence-corrected chi connectivity index (χ4v) is 1.63. The third kappa shape index (κ3) is 2.57. The van der Waals surface area contributed by atoms with Gasteiger partial charge in [-0.3, -0.25) is 25.3 Å². The SMILES string of the molecule is Cc1nc(NC(=O)c2cccc([N+](=O)[O-])c2C)n[nH]1. The van der Waals surface area contributed by atoms with Crippen molar-refractivity contribution in [3.05, 3.63) is 45.3 Å². The quantitative estimate of drug-likeness (QED) is 0.643. The molecule has 0 radical (unpaired) electrons. The molecule has 2 aromatic rings. The van der Waals surface area contributed by atoms with Gasteiger partial charge < -0.3 is 0 Å². The monoisotopic (exact) mass is 261 g/mol. The van der Waals surface area contributed by atoms with Crippen LogP contribution >= 0.6 is 0 Å². The number of hydrogen-bond acceptors (Lipinski definition) is 5. The number of carbonyl (C=O) groups is 1. The second-order valence-corrected chi connectivity index (χ2v) is 3.91. The van der Waals surface area contributed by atoms with E-state index >= 15 is 0 Å². The molecule has 1 amide bonds. The van der Waals surface area contributed by atoms with Gasteiger partial charge in [0.15, 0.2) is 0 Å². The van der Waals surface area contributed by atoms with Crippen molar-refractivity contribution in [2.75, 3.05) is 5.32 Å². The van der Waals surface area contributed by atoms with E-state index in [2.05, 4.69) is 20.5 Å². The van der Waals surface area contributed by atoms with Crippen LogP contribution in [0.5, 0.6) is 0 Å². The molecule has 1 heterocycles. The van der Waals surface area contributed by atoms with Crippen molar-refractivity contribution in [2.24, 2.45) is 0 Å². The van der Waals surface area contributed by atoms with Crippen LogP contribution in [0.4, 0.5) is 11.6 Å². The highest BCUT2D eigenvalue weighted by Gasteiger charge is 2.18. The van der Waals surface area contributed by atoms with E-state index in [1.165, 1.54) is 25.1 Å². The number of nitrogens with zero attached hydrogens (tertiary/aromatic N) is 3. The summed E-state index contributed by atoms with van der Waals surface area (Å²) in [6.07, 6.45) is 0. The number of aryl methyl sites for hydroxylation is 1. The van der Waals surface area contributed by atoms with E-state index in [0.29, 0.717) is 11.4 Å². The molecule has 0 spiro atoms. The summed E-state index contributed by atoms with van der Waals surface area (Å²) in [6, 6.07) is 4.32. The van der Waals surface area contributed by atoms with Crippen LogP contribution in [-0.2, 0) is 0 Å². The van der Waals surface area contributed by atoms with Gasteiger partial charge in [0.1, 0.15) is 5.82 Å². The van der Waals surface area contributed by atoms with Crippen LogP contribution in [-0.4, -0.2) is 26.0 Å². The summed E-state index contributed by atoms with van der Waals surface area (Å²) in [6.45, 7) is 3.22. The Bertz CT molecular complexity index is 650. The lowest BCUT2D eigenvalue weighted by Gasteiger charge is -2.05. The number of nitro groups is 1. The van der Waals surface area contributed by atoms with Crippen LogP contribution in [0.25, 0.3) is 0 Å². The van der Waals surface area contributed by atoms with Crippen LogP contribution in [0.2, 0.25) is 0 Å². The summed E-state index contributed by atoms with van der Waals surface area (Å²) in [5.41, 5.74) is 0.424. The van der Waals surface area contributed by atoms with Crippen molar-refractivity contribution < 1.29 is 9.72 Å². The molecule has 0 unspecified atom stereocenters. The highest BCUT2D eigenvalue weighted by atomic mass is 16.6. The van der Waals surface area contributed by atoms with Crippen molar-refractivity contribution in [1.29, 1.82) is 0 Å². The number of hydrogen-bond donors (Lipinski definition) is 2. The molecule has 2 N–H and O–H groups in total. The Kier molecular flexibility index (Phi) is 3.23. The zero-order valence-electron chi connectivity index (χ0n) is 10.3. The van der Waals surface area contributed by atoms with Gasteiger partial charge in [-0.2, -0.15) is 4.98 Å². The van der Waals surface area contributed by atoms with Gasteiger partial charge in [-0.15, -0.1) is 5.10 Å². The van der Waals surface area contributed by atoms with Crippen LogP contribution in [0.3, 0.4) is 0 Å². The Balaban J connectivity index is 2.29. The van der Waals surface area contributed by atoms with Crippen molar-refractivity contribution in [3.63, 3.8) is 0 Å². The molecule has 0 atom stereocenters. The summed E-state index contributed by atoms with van der Waals surface area (Å²) in [4.78, 5) is 26.2. The van der Waals surface area contributed by atoms with E-state index in [4.69, 9.17) is 0 Å². The van der Waals surface area contributed by atoms with Gasteiger partial charge in [0.05, 0.1) is 4.92 Å². The molecular weight excluding hydrogens is 250 g/mol. The number of aromatic nitrogens is 3. The predicted molar refractivity (Wildman–Crippen MR) is 66.9 cm³/mol. The molecule has 8 heteroatoms. The molecule has 19 heavy (non-hydrogen) atoms. The highest BCUT2D eigenvalue weighted by molar-refractivity contribution is 6.04. The molecule has 0 aliphatic heterocycles. The van der Waals surface area contributed by atoms with E-state index in [1.807, 2.05) is 0 Å². The lowest BCUT2D eigenvalue weighted by Crippen LogP contribution is -2.15. The lowest BCUT2D eigenvalue weighted by atomic mass is 10.1. The largest absolute Gasteiger partial charge is 0.289 e. The Morgan fingerprint density at radius 1 is 1.42 bits per heavy atom. The predicted octanol–water partition coefficient (Wildman–Crippen LogP) is 1.58. The number of nitrogens with one attached hydrogen (secondary N) is 2. The number of anilines is 1. The van der Waals surface area contributed by atoms with Crippen molar-refractivity contribution >= 4 is 17.5 Å². The molecule has 2 rings (SSSR count). The Morgan fingerprint density at radius 2 is 2.16 bits per heavy atom. The van der Waals surface area contributed by atoms with Gasteiger partial charge in [-0.25, -0.2) is 0 Å². The summed E-state index contributed by atoms with van der Waals surface area (Å²) in [5, 5.41) is 19.6. The summed E-state index contributed by atoms with van der Waals surface area (Å²) < 4.78 is 0. The number of aromatic amines is 1. The fourth-order valence-electron chi connectivity index (χ4n) is 1.63. The first-order valence-corrected chi connectivity index (χ1v) is 5.43. The van der Waals surface area contributed by atoms with Crippen molar-refractivity contribution in [2.45, 2.75) is 13.8 Å². The first-order valence-electron chi connectivity index (χ1n) is 5.43. The number of H-pyrrole nitrogens is 1. The molecule has 8 nitrogen and oxygen atoms in total. The molecule has 0 saturated carbocycles. The zero-order chi connectivity index (χ0) is 14.0. The summed E-state index contributed by atoms with van der Waals surface area (Å²) in [5.74, 6) is 0.208. The minimum atomic E-state index is -0.525. The Morgan fingerprint density at radius 3 is 2.74 bits per heavy atom. The Hall–Kier alpha value is -2.77. The summed E-state index contributed by atoms with van der Waals surface area (Å²) >= 11 is 0. The van der Waals surface area contributed by atoms with Gasteiger partial charge in [-0.05, 0) is 19.9 Å². The van der Waals surface area contributed by atoms with E-state index in [-0.39, 0.29) is 17.2 Å². The molecule has 0 bridgehead atoms. The standard InChI is InChI=1S/C11H11N5O3/c1-6-8(4-3-5-9(6)16(18)19)10(17)13-11-12-7(2)14-15-11/h3-5H,1-2H3,(H2,12,13,14,15,17). The minimum Gasteiger partial charge on any atom is -0.289 e. The lowest BCUT2D eigenvalue weighted by molar-refractivity contribution is -0.385. The number of benzene rings is 1. The second kappa shape index (κ2) is 4.84. The normalized spacial score (nSPS) is 10.2. The van der Waals surface area contributed by atoms with Gasteiger partial charge in [0.25, 0.3) is 11.6 Å². The van der Waals surface area contributed by atoms with Crippen LogP contribution in [0.1, 0.15) is 21.7 Å². The van der Waals surface area contributed by atoms with Gasteiger partial charge in [0, 0.05) is 17.2 Å². The highest BCUT2D eigenvalue weighted by Crippen LogP contribution is 2.21. The van der Waals surface area contributed by atoms with Crippen LogP contribution in [0.15, 0.2) is 18.2 Å². The average molecular weight is 261 g/mol. The number of rotatable bonds is 3. The first kappa shape index (κ1) is 12.7. The smallest absolute Gasteiger partial charge is 0.273 e. The van der Waals surface area contributed by atoms with Crippen molar-refractivity contribution in [3.8, 4) is 0 Å². The summed E-state index contributed by atoms with van der Waals surface area (Å²) in [7, 11) is 0. The molecule has 0 fully saturated rings. The Labute approximate surface area is 108 Å². The molecule has 0 aliphatic rings. The third-order valence-electron chi connectivity index (χ3n) is 2.57. The van der Waals surface area contributed by atoms with E-state index < -0.39 is 10.8 Å². The van der Waals surface area contributed by atoms with E-state index in [1.54, 1.807) is 6.92 Å². The molecule has 98 valence electrons. The van der Waals surface area contributed by atoms with Crippen LogP contribution < -0.4 is 5.32 Å². The maximum absolute atomic E-state index is 12.0. The maximum atomic E-state index is 12.0. The van der Waals surface area contributed by atoms with Crippen LogP contribution in [0, 0.1) is 24.0 Å². The van der Waals surface area contributed by atoms with E-state index in [9.17, 15) is 14.9 Å². The molecule has 1 aromatic heterocycles. The zero-order valence-corrected chi connectivity index (χ0v) is 10.3. The number of carbonyl (C=O) groups excluding carboxylic acids is 1. The maximum Gasteiger partial charge on any atom is 0.273 e.